The quantitative estimate of drug-likeness (QED) is 0.158. The van der Waals surface area contributed by atoms with Crippen LogP contribution in [-0.4, -0.2) is 19.5 Å². The molecule has 0 fully saturated rings. The molecule has 0 aliphatic heterocycles. The molecule has 10 aromatic rings. The van der Waals surface area contributed by atoms with E-state index in [1.54, 1.807) is 0 Å². The third kappa shape index (κ3) is 5.56. The number of thiophene rings is 1. The molecule has 0 saturated carbocycles. The Morgan fingerprint density at radius 1 is 0.500 bits per heavy atom. The van der Waals surface area contributed by atoms with Crippen LogP contribution >= 0.6 is 11.3 Å². The molecule has 3 heterocycles. The van der Waals surface area contributed by atoms with Gasteiger partial charge in [-0.3, -0.25) is 0 Å². The Hall–Kier alpha value is -6.43. The number of nitrogens with zero attached hydrogens (tertiary/aromatic N) is 4. The Morgan fingerprint density at radius 2 is 1.11 bits per heavy atom. The summed E-state index contributed by atoms with van der Waals surface area (Å²) < 4.78 is 5.11. The van der Waals surface area contributed by atoms with Crippen LogP contribution in [0.5, 0.6) is 0 Å². The van der Waals surface area contributed by atoms with E-state index in [1.165, 1.54) is 66.0 Å². The molecule has 0 saturated heterocycles. The second-order valence-electron chi connectivity index (χ2n) is 13.9. The number of benzene rings is 7. The van der Waals surface area contributed by atoms with Crippen molar-refractivity contribution in [2.45, 2.75) is 26.2 Å². The molecular weight excluding hydrogens is 677 g/mol. The first-order chi connectivity index (χ1) is 26.7. The zero-order chi connectivity index (χ0) is 36.0. The summed E-state index contributed by atoms with van der Waals surface area (Å²) >= 11 is 1.91. The predicted octanol–water partition coefficient (Wildman–Crippen LogP) is 13.3. The minimum Gasteiger partial charge on any atom is -0.309 e. The Morgan fingerprint density at radius 3 is 1.85 bits per heavy atom. The van der Waals surface area contributed by atoms with Gasteiger partial charge in [0.2, 0.25) is 0 Å². The molecule has 0 amide bonds. The highest BCUT2D eigenvalue weighted by Gasteiger charge is 2.20. The molecule has 0 aliphatic rings. The molecule has 0 atom stereocenters. The van der Waals surface area contributed by atoms with E-state index in [1.807, 2.05) is 72.0 Å². The Balaban J connectivity index is 1.18. The summed E-state index contributed by atoms with van der Waals surface area (Å²) in [7, 11) is 0. The molecular formula is C49H36N4S. The van der Waals surface area contributed by atoms with Gasteiger partial charge >= 0.3 is 0 Å². The molecule has 0 bridgehead atoms. The fourth-order valence-electron chi connectivity index (χ4n) is 7.82. The molecule has 4 nitrogen and oxygen atoms in total. The summed E-state index contributed by atoms with van der Waals surface area (Å²) in [6, 6.07) is 58.3. The van der Waals surface area contributed by atoms with Gasteiger partial charge in [0.25, 0.3) is 0 Å². The average Bonchev–Trinajstić information content (AvgIpc) is 3.79. The Kier molecular flexibility index (Phi) is 8.07. The number of hydrogen-bond donors (Lipinski definition) is 0. The largest absolute Gasteiger partial charge is 0.309 e. The predicted molar refractivity (Wildman–Crippen MR) is 227 cm³/mol. The van der Waals surface area contributed by atoms with Gasteiger partial charge in [0.05, 0.1) is 11.0 Å². The zero-order valence-electron chi connectivity index (χ0n) is 29.9. The number of aromatic nitrogens is 4. The van der Waals surface area contributed by atoms with Gasteiger partial charge in [0.1, 0.15) is 0 Å². The molecule has 0 aliphatic carbocycles. The lowest BCUT2D eigenvalue weighted by atomic mass is 9.99. The zero-order valence-corrected chi connectivity index (χ0v) is 30.7. The molecule has 0 unspecified atom stereocenters. The highest BCUT2D eigenvalue weighted by Crippen LogP contribution is 2.44. The average molecular weight is 713 g/mol. The maximum Gasteiger partial charge on any atom is 0.164 e. The fourth-order valence-corrected chi connectivity index (χ4v) is 9.11. The lowest BCUT2D eigenvalue weighted by Gasteiger charge is -2.14. The molecule has 54 heavy (non-hydrogen) atoms. The first-order valence-electron chi connectivity index (χ1n) is 18.7. The van der Waals surface area contributed by atoms with E-state index in [9.17, 15) is 0 Å². The van der Waals surface area contributed by atoms with Crippen LogP contribution in [0.2, 0.25) is 0 Å². The first kappa shape index (κ1) is 32.2. The van der Waals surface area contributed by atoms with Crippen molar-refractivity contribution in [1.82, 2.24) is 19.5 Å². The highest BCUT2D eigenvalue weighted by molar-refractivity contribution is 7.26. The Labute approximate surface area is 318 Å². The first-order valence-corrected chi connectivity index (χ1v) is 19.5. The van der Waals surface area contributed by atoms with Crippen LogP contribution in [0.3, 0.4) is 0 Å². The van der Waals surface area contributed by atoms with Crippen LogP contribution in [0.15, 0.2) is 164 Å². The second-order valence-corrected chi connectivity index (χ2v) is 14.9. The van der Waals surface area contributed by atoms with Crippen LogP contribution in [0.25, 0.3) is 93.0 Å². The van der Waals surface area contributed by atoms with Crippen molar-refractivity contribution in [3.8, 4) is 51.0 Å². The monoisotopic (exact) mass is 712 g/mol. The molecule has 0 spiro atoms. The van der Waals surface area contributed by atoms with Gasteiger partial charge in [0, 0.05) is 64.4 Å². The molecule has 7 aromatic carbocycles. The third-order valence-electron chi connectivity index (χ3n) is 10.4. The number of fused-ring (bicyclic) bond motifs is 6. The van der Waals surface area contributed by atoms with Crippen molar-refractivity contribution in [1.29, 1.82) is 0 Å². The van der Waals surface area contributed by atoms with Crippen molar-refractivity contribution in [2.24, 2.45) is 0 Å². The minimum absolute atomic E-state index is 0.638. The van der Waals surface area contributed by atoms with Crippen LogP contribution in [0.4, 0.5) is 0 Å². The van der Waals surface area contributed by atoms with E-state index in [0.29, 0.717) is 17.5 Å². The molecule has 10 rings (SSSR count). The SMILES string of the molecule is CCCCc1ccc2c(c1)sc1c(-c3cccc4c5ccccc5n(-c5cccc(-c6nc(-c7ccccc7)nc(-c7ccccc7)n6)c5)c34)cccc12. The fraction of sp³-hybridized carbons (Fsp3) is 0.0816. The van der Waals surface area contributed by atoms with Crippen LogP contribution in [0.1, 0.15) is 25.3 Å². The Bertz CT molecular complexity index is 2920. The molecule has 5 heteroatoms. The van der Waals surface area contributed by atoms with Crippen LogP contribution in [0, 0.1) is 0 Å². The second kappa shape index (κ2) is 13.5. The van der Waals surface area contributed by atoms with Gasteiger partial charge < -0.3 is 4.57 Å². The number of para-hydroxylation sites is 2. The molecule has 258 valence electrons. The summed E-state index contributed by atoms with van der Waals surface area (Å²) in [4.78, 5) is 15.0. The summed E-state index contributed by atoms with van der Waals surface area (Å²) in [5, 5.41) is 5.10. The van der Waals surface area contributed by atoms with Crippen molar-refractivity contribution in [3.05, 3.63) is 169 Å². The molecule has 0 radical (unpaired) electrons. The van der Waals surface area contributed by atoms with Crippen molar-refractivity contribution < 1.29 is 0 Å². The molecule has 3 aromatic heterocycles. The normalized spacial score (nSPS) is 11.6. The van der Waals surface area contributed by atoms with E-state index in [4.69, 9.17) is 15.0 Å². The lowest BCUT2D eigenvalue weighted by molar-refractivity contribution is 0.796. The van der Waals surface area contributed by atoms with Crippen molar-refractivity contribution in [3.63, 3.8) is 0 Å². The van der Waals surface area contributed by atoms with E-state index < -0.39 is 0 Å². The summed E-state index contributed by atoms with van der Waals surface area (Å²) in [6.45, 7) is 2.26. The van der Waals surface area contributed by atoms with Crippen LogP contribution < -0.4 is 0 Å². The summed E-state index contributed by atoms with van der Waals surface area (Å²) in [5.74, 6) is 1.94. The van der Waals surface area contributed by atoms with Crippen molar-refractivity contribution >= 4 is 53.3 Å². The topological polar surface area (TPSA) is 43.6 Å². The van der Waals surface area contributed by atoms with E-state index >= 15 is 0 Å². The summed E-state index contributed by atoms with van der Waals surface area (Å²) in [6.07, 6.45) is 3.54. The number of hydrogen-bond acceptors (Lipinski definition) is 4. The third-order valence-corrected chi connectivity index (χ3v) is 11.6. The van der Waals surface area contributed by atoms with Gasteiger partial charge in [-0.1, -0.05) is 153 Å². The standard InChI is InChI=1S/C49H36N4S/c1-2-3-15-32-28-29-38-41-25-14-26-42(46(41)54-44(38)30-32)40-24-13-23-39-37-22-10-11-27-43(37)53(45(39)40)36-21-12-20-35(31-36)49-51-47(33-16-6-4-7-17-33)50-48(52-49)34-18-8-5-9-19-34/h4-14,16-31H,2-3,15H2,1H3. The van der Waals surface area contributed by atoms with Gasteiger partial charge in [-0.2, -0.15) is 0 Å². The van der Waals surface area contributed by atoms with Gasteiger partial charge in [-0.25, -0.2) is 15.0 Å². The van der Waals surface area contributed by atoms with E-state index in [-0.39, 0.29) is 0 Å². The van der Waals surface area contributed by atoms with E-state index in [0.717, 1.165) is 34.3 Å². The van der Waals surface area contributed by atoms with Crippen LogP contribution in [-0.2, 0) is 6.42 Å². The van der Waals surface area contributed by atoms with Gasteiger partial charge in [0.15, 0.2) is 17.5 Å². The summed E-state index contributed by atoms with van der Waals surface area (Å²) in [5.41, 5.74) is 10.1. The number of aryl methyl sites for hydroxylation is 1. The van der Waals surface area contributed by atoms with Gasteiger partial charge in [-0.05, 0) is 42.7 Å². The minimum atomic E-state index is 0.638. The number of unbranched alkanes of at least 4 members (excludes halogenated alkanes) is 1. The smallest absolute Gasteiger partial charge is 0.164 e. The number of rotatable bonds is 8. The molecule has 0 N–H and O–H groups in total. The lowest BCUT2D eigenvalue weighted by Crippen LogP contribution is -2.01. The van der Waals surface area contributed by atoms with Gasteiger partial charge in [-0.15, -0.1) is 11.3 Å². The maximum absolute atomic E-state index is 5.06. The highest BCUT2D eigenvalue weighted by atomic mass is 32.1. The van der Waals surface area contributed by atoms with Crippen molar-refractivity contribution in [2.75, 3.05) is 0 Å². The van der Waals surface area contributed by atoms with E-state index in [2.05, 4.69) is 115 Å². The maximum atomic E-state index is 5.06.